The lowest BCUT2D eigenvalue weighted by Crippen LogP contribution is -2.55. The molecule has 9 nitrogen and oxygen atoms in total. The second-order valence-corrected chi connectivity index (χ2v) is 11.6. The summed E-state index contributed by atoms with van der Waals surface area (Å²) in [5.74, 6) is -1.46. The number of epoxide rings is 1. The number of allylic oxidation sites excluding steroid dienone is 1. The summed E-state index contributed by atoms with van der Waals surface area (Å²) in [6, 6.07) is -0.115. The number of carbonyl (C=O) groups is 2. The molecule has 0 aromatic rings. The lowest BCUT2D eigenvalue weighted by Gasteiger charge is -2.43. The molecular weight excluding hydrogens is 490 g/mol. The van der Waals surface area contributed by atoms with Crippen molar-refractivity contribution in [1.82, 2.24) is 4.90 Å². The summed E-state index contributed by atoms with van der Waals surface area (Å²) in [6.45, 7) is 9.53. The Balaban J connectivity index is 1.86. The van der Waals surface area contributed by atoms with Crippen LogP contribution < -0.4 is 0 Å². The predicted octanol–water partition coefficient (Wildman–Crippen LogP) is 2.49. The smallest absolute Gasteiger partial charge is 0.330 e. The minimum absolute atomic E-state index is 0.00518. The Morgan fingerprint density at radius 3 is 2.39 bits per heavy atom. The van der Waals surface area contributed by atoms with Crippen molar-refractivity contribution in [2.75, 3.05) is 20.7 Å². The molecule has 4 unspecified atom stereocenters. The zero-order valence-corrected chi connectivity index (χ0v) is 23.9. The Morgan fingerprint density at radius 1 is 1.05 bits per heavy atom. The summed E-state index contributed by atoms with van der Waals surface area (Å²) < 4.78 is 23.9. The number of carbonyl (C=O) groups excluding carboxylic acids is 2. The molecule has 216 valence electrons. The van der Waals surface area contributed by atoms with Gasteiger partial charge in [0, 0.05) is 29.9 Å². The molecule has 12 atom stereocenters. The maximum Gasteiger partial charge on any atom is 0.330 e. The Labute approximate surface area is 227 Å². The first-order chi connectivity index (χ1) is 18.0. The molecule has 0 saturated carbocycles. The maximum absolute atomic E-state index is 12.9. The monoisotopic (exact) mass is 537 g/mol. The van der Waals surface area contributed by atoms with Crippen molar-refractivity contribution in [3.63, 3.8) is 0 Å². The highest BCUT2D eigenvalue weighted by Gasteiger charge is 2.47. The lowest BCUT2D eigenvalue weighted by atomic mass is 9.84. The number of ketones is 1. The van der Waals surface area contributed by atoms with E-state index in [4.69, 9.17) is 18.9 Å². The number of likely N-dealkylation sites (N-methyl/N-ethyl adjacent to an activating group) is 1. The van der Waals surface area contributed by atoms with E-state index in [1.165, 1.54) is 6.08 Å². The van der Waals surface area contributed by atoms with Gasteiger partial charge in [-0.05, 0) is 58.4 Å². The molecule has 0 aliphatic carbocycles. The molecule has 3 aliphatic heterocycles. The van der Waals surface area contributed by atoms with Crippen molar-refractivity contribution in [2.24, 2.45) is 23.7 Å². The molecule has 0 spiro atoms. The van der Waals surface area contributed by atoms with Gasteiger partial charge < -0.3 is 34.1 Å². The van der Waals surface area contributed by atoms with Gasteiger partial charge in [0.1, 0.15) is 18.3 Å². The van der Waals surface area contributed by atoms with E-state index in [1.54, 1.807) is 18.2 Å². The summed E-state index contributed by atoms with van der Waals surface area (Å²) in [5.41, 5.74) is 0. The minimum Gasteiger partial charge on any atom is -0.459 e. The van der Waals surface area contributed by atoms with Crippen LogP contribution in [-0.2, 0) is 28.5 Å². The number of aliphatic hydroxyl groups is 2. The normalized spacial score (nSPS) is 44.8. The Kier molecular flexibility index (Phi) is 11.1. The van der Waals surface area contributed by atoms with E-state index in [2.05, 4.69) is 0 Å². The second kappa shape index (κ2) is 13.6. The fourth-order valence-corrected chi connectivity index (χ4v) is 5.82. The van der Waals surface area contributed by atoms with E-state index in [0.29, 0.717) is 19.3 Å². The van der Waals surface area contributed by atoms with Gasteiger partial charge in [0.05, 0.1) is 24.9 Å². The van der Waals surface area contributed by atoms with Gasteiger partial charge in [0.25, 0.3) is 0 Å². The summed E-state index contributed by atoms with van der Waals surface area (Å²) in [6.07, 6.45) is 4.92. The molecule has 9 heteroatoms. The molecule has 2 fully saturated rings. The summed E-state index contributed by atoms with van der Waals surface area (Å²) in [4.78, 5) is 27.7. The van der Waals surface area contributed by atoms with E-state index in [9.17, 15) is 19.8 Å². The van der Waals surface area contributed by atoms with E-state index in [1.807, 2.05) is 53.6 Å². The van der Waals surface area contributed by atoms with Crippen LogP contribution >= 0.6 is 0 Å². The molecule has 2 saturated heterocycles. The Morgan fingerprint density at radius 2 is 1.76 bits per heavy atom. The van der Waals surface area contributed by atoms with E-state index >= 15 is 0 Å². The third-order valence-electron chi connectivity index (χ3n) is 8.19. The van der Waals surface area contributed by atoms with Crippen LogP contribution in [0.4, 0.5) is 0 Å². The van der Waals surface area contributed by atoms with Gasteiger partial charge in [-0.25, -0.2) is 4.79 Å². The van der Waals surface area contributed by atoms with Gasteiger partial charge in [-0.2, -0.15) is 0 Å². The van der Waals surface area contributed by atoms with Crippen LogP contribution in [0, 0.1) is 23.7 Å². The van der Waals surface area contributed by atoms with Gasteiger partial charge >= 0.3 is 5.97 Å². The van der Waals surface area contributed by atoms with Crippen LogP contribution in [0.15, 0.2) is 24.3 Å². The molecule has 2 N–H and O–H groups in total. The molecular formula is C29H47NO8. The molecule has 3 aliphatic rings. The summed E-state index contributed by atoms with van der Waals surface area (Å²) in [7, 11) is 3.85. The number of nitrogens with zero attached hydrogens (tertiary/aromatic N) is 1. The molecule has 0 radical (unpaired) electrons. The second-order valence-electron chi connectivity index (χ2n) is 11.6. The fraction of sp³-hybridized carbons (Fsp3) is 0.793. The number of esters is 1. The quantitative estimate of drug-likeness (QED) is 0.403. The average Bonchev–Trinajstić information content (AvgIpc) is 3.63. The number of hydrogen-bond donors (Lipinski definition) is 2. The third-order valence-corrected chi connectivity index (χ3v) is 8.19. The lowest BCUT2D eigenvalue weighted by molar-refractivity contribution is -0.277. The van der Waals surface area contributed by atoms with Crippen LogP contribution in [-0.4, -0.2) is 96.5 Å². The van der Waals surface area contributed by atoms with Crippen LogP contribution in [0.1, 0.15) is 53.9 Å². The standard InChI is InChI=1S/C29H47NO8/c1-8-23-20(15-31)28-24(37-28)11-10-22(32)17(3)13-18(4)27(16(2)9-12-25(33)36-23)38-29-26(34)21(30(6)7)14-19(5)35-29/h9-12,16-21,23-24,26-29,31,34H,8,13-15H2,1-7H3/b11-10+,12-9+/t16-,17+,18-,19?,20+,21?,23+,24+,26?,27+,28+,29?/m0/s1. The summed E-state index contributed by atoms with van der Waals surface area (Å²) in [5, 5.41) is 21.0. The Bertz CT molecular complexity index is 860. The van der Waals surface area contributed by atoms with Gasteiger partial charge in [-0.15, -0.1) is 0 Å². The molecule has 0 aromatic heterocycles. The van der Waals surface area contributed by atoms with E-state index in [-0.39, 0.29) is 60.4 Å². The van der Waals surface area contributed by atoms with Crippen LogP contribution in [0.5, 0.6) is 0 Å². The highest BCUT2D eigenvalue weighted by atomic mass is 16.7. The van der Waals surface area contributed by atoms with Crippen molar-refractivity contribution in [3.8, 4) is 0 Å². The molecule has 0 bridgehead atoms. The average molecular weight is 538 g/mol. The van der Waals surface area contributed by atoms with E-state index in [0.717, 1.165) is 0 Å². The maximum atomic E-state index is 12.9. The summed E-state index contributed by atoms with van der Waals surface area (Å²) >= 11 is 0. The molecule has 3 heterocycles. The molecule has 38 heavy (non-hydrogen) atoms. The first-order valence-corrected chi connectivity index (χ1v) is 14.0. The Hall–Kier alpha value is -1.62. The predicted molar refractivity (Wildman–Crippen MR) is 142 cm³/mol. The molecule has 3 rings (SSSR count). The zero-order chi connectivity index (χ0) is 28.1. The topological polar surface area (TPSA) is 118 Å². The van der Waals surface area contributed by atoms with Gasteiger partial charge in [-0.3, -0.25) is 4.79 Å². The zero-order valence-electron chi connectivity index (χ0n) is 23.9. The van der Waals surface area contributed by atoms with Crippen LogP contribution in [0.2, 0.25) is 0 Å². The fourth-order valence-electron chi connectivity index (χ4n) is 5.82. The van der Waals surface area contributed by atoms with Crippen LogP contribution in [0.3, 0.4) is 0 Å². The number of ether oxygens (including phenoxy) is 4. The minimum atomic E-state index is -0.843. The van der Waals surface area contributed by atoms with Gasteiger partial charge in [0.2, 0.25) is 0 Å². The first-order valence-electron chi connectivity index (χ1n) is 14.0. The molecule has 0 amide bonds. The SMILES string of the molecule is CC[C@H]1OC(=O)/C=C/[C@H](C)[C@@H](OC2OC(C)CC(N(C)C)C2O)[C@@H](C)C[C@@H](C)C(=O)/C=C/[C@H]2O[C@@H]2[C@@H]1CO. The highest BCUT2D eigenvalue weighted by Crippen LogP contribution is 2.35. The van der Waals surface area contributed by atoms with Crippen molar-refractivity contribution in [1.29, 1.82) is 0 Å². The first kappa shape index (κ1) is 30.9. The van der Waals surface area contributed by atoms with Crippen molar-refractivity contribution < 1.29 is 38.7 Å². The van der Waals surface area contributed by atoms with Gasteiger partial charge in [-0.1, -0.05) is 33.8 Å². The van der Waals surface area contributed by atoms with Gasteiger partial charge in [0.15, 0.2) is 12.1 Å². The number of cyclic esters (lactones) is 1. The van der Waals surface area contributed by atoms with E-state index < -0.39 is 30.6 Å². The highest BCUT2D eigenvalue weighted by molar-refractivity contribution is 5.91. The number of rotatable bonds is 5. The van der Waals surface area contributed by atoms with Crippen molar-refractivity contribution >= 4 is 11.8 Å². The molecule has 0 aromatic carbocycles. The number of hydrogen-bond acceptors (Lipinski definition) is 9. The largest absolute Gasteiger partial charge is 0.459 e. The number of fused-ring (bicyclic) bond motifs is 1. The van der Waals surface area contributed by atoms with Crippen molar-refractivity contribution in [3.05, 3.63) is 24.3 Å². The van der Waals surface area contributed by atoms with Crippen molar-refractivity contribution in [2.45, 2.75) is 103 Å². The van der Waals surface area contributed by atoms with Crippen LogP contribution in [0.25, 0.3) is 0 Å². The number of aliphatic hydroxyl groups excluding tert-OH is 2. The third kappa shape index (κ3) is 7.73.